The van der Waals surface area contributed by atoms with Crippen LogP contribution in [0.3, 0.4) is 0 Å². The van der Waals surface area contributed by atoms with Crippen molar-refractivity contribution in [1.82, 2.24) is 4.98 Å². The van der Waals surface area contributed by atoms with Crippen molar-refractivity contribution >= 4 is 11.9 Å². The number of hydrogen-bond donors (Lipinski definition) is 0. The number of benzene rings is 2. The van der Waals surface area contributed by atoms with Crippen LogP contribution in [0.2, 0.25) is 0 Å². The molecule has 1 heterocycles. The van der Waals surface area contributed by atoms with Crippen LogP contribution < -0.4 is 4.74 Å². The van der Waals surface area contributed by atoms with Gasteiger partial charge in [0.25, 0.3) is 0 Å². The third kappa shape index (κ3) is 4.66. The van der Waals surface area contributed by atoms with Gasteiger partial charge in [-0.2, -0.15) is 0 Å². The number of ether oxygens (including phenoxy) is 3. The van der Waals surface area contributed by atoms with Crippen LogP contribution in [0.4, 0.5) is 0 Å². The van der Waals surface area contributed by atoms with Crippen LogP contribution in [0.5, 0.6) is 11.6 Å². The van der Waals surface area contributed by atoms with E-state index in [0.717, 1.165) is 22.4 Å². The van der Waals surface area contributed by atoms with Crippen molar-refractivity contribution in [2.24, 2.45) is 0 Å². The Balaban J connectivity index is 1.92. The maximum absolute atomic E-state index is 12.9. The first-order valence-electron chi connectivity index (χ1n) is 9.45. The normalized spacial score (nSPS) is 10.4. The third-order valence-electron chi connectivity index (χ3n) is 4.85. The van der Waals surface area contributed by atoms with Crippen LogP contribution in [-0.2, 0) is 16.1 Å². The van der Waals surface area contributed by atoms with E-state index in [-0.39, 0.29) is 18.1 Å². The van der Waals surface area contributed by atoms with Crippen molar-refractivity contribution in [1.29, 1.82) is 0 Å². The van der Waals surface area contributed by atoms with Gasteiger partial charge in [-0.3, -0.25) is 0 Å². The lowest BCUT2D eigenvalue weighted by Crippen LogP contribution is -2.12. The van der Waals surface area contributed by atoms with Gasteiger partial charge in [-0.1, -0.05) is 36.4 Å². The lowest BCUT2D eigenvalue weighted by Gasteiger charge is -2.16. The highest BCUT2D eigenvalue weighted by molar-refractivity contribution is 5.94. The number of aromatic nitrogens is 1. The van der Waals surface area contributed by atoms with E-state index in [1.807, 2.05) is 51.1 Å². The van der Waals surface area contributed by atoms with E-state index >= 15 is 0 Å². The second-order valence-electron chi connectivity index (χ2n) is 6.81. The Kier molecular flexibility index (Phi) is 6.47. The largest absolute Gasteiger partial charge is 0.465 e. The molecule has 1 aromatic heterocycles. The summed E-state index contributed by atoms with van der Waals surface area (Å²) in [6.07, 6.45) is 0. The van der Waals surface area contributed by atoms with Crippen LogP contribution >= 0.6 is 0 Å². The van der Waals surface area contributed by atoms with Gasteiger partial charge < -0.3 is 14.2 Å². The molecule has 0 aliphatic rings. The van der Waals surface area contributed by atoms with Crippen molar-refractivity contribution in [3.63, 3.8) is 0 Å². The quantitative estimate of drug-likeness (QED) is 0.541. The number of esters is 2. The van der Waals surface area contributed by atoms with E-state index in [1.165, 1.54) is 13.2 Å². The van der Waals surface area contributed by atoms with E-state index in [9.17, 15) is 9.59 Å². The molecule has 0 saturated carbocycles. The molecular weight excluding hydrogens is 382 g/mol. The van der Waals surface area contributed by atoms with Gasteiger partial charge in [0.05, 0.1) is 12.7 Å². The molecule has 3 rings (SSSR count). The zero-order valence-electron chi connectivity index (χ0n) is 17.4. The molecule has 30 heavy (non-hydrogen) atoms. The highest BCUT2D eigenvalue weighted by Gasteiger charge is 2.23. The highest BCUT2D eigenvalue weighted by Crippen LogP contribution is 2.30. The number of rotatable bonds is 6. The summed E-state index contributed by atoms with van der Waals surface area (Å²) in [5.74, 6) is -0.501. The Hall–Kier alpha value is -3.67. The van der Waals surface area contributed by atoms with Crippen molar-refractivity contribution < 1.29 is 23.8 Å². The lowest BCUT2D eigenvalue weighted by molar-refractivity contribution is 0.0467. The predicted octanol–water partition coefficient (Wildman–Crippen LogP) is 4.94. The second-order valence-corrected chi connectivity index (χ2v) is 6.81. The molecule has 6 heteroatoms. The number of aryl methyl sites for hydroxylation is 1. The van der Waals surface area contributed by atoms with E-state index in [1.54, 1.807) is 18.2 Å². The molecule has 6 nitrogen and oxygen atoms in total. The topological polar surface area (TPSA) is 74.7 Å². The van der Waals surface area contributed by atoms with Crippen molar-refractivity contribution in [2.45, 2.75) is 27.4 Å². The summed E-state index contributed by atoms with van der Waals surface area (Å²) in [4.78, 5) is 29.2. The molecule has 0 saturated heterocycles. The first-order valence-corrected chi connectivity index (χ1v) is 9.45. The monoisotopic (exact) mass is 405 g/mol. The number of nitrogens with zero attached hydrogens (tertiary/aromatic N) is 1. The smallest absolute Gasteiger partial charge is 0.344 e. The zero-order valence-corrected chi connectivity index (χ0v) is 17.4. The predicted molar refractivity (Wildman–Crippen MR) is 112 cm³/mol. The number of carbonyl (C=O) groups excluding carboxylic acids is 2. The van der Waals surface area contributed by atoms with Crippen LogP contribution in [0.1, 0.15) is 43.1 Å². The number of pyridine rings is 1. The van der Waals surface area contributed by atoms with Crippen LogP contribution in [0.25, 0.3) is 0 Å². The van der Waals surface area contributed by atoms with Gasteiger partial charge in [-0.05, 0) is 55.7 Å². The molecule has 3 aromatic rings. The molecule has 0 amide bonds. The molecule has 0 unspecified atom stereocenters. The summed E-state index contributed by atoms with van der Waals surface area (Å²) in [6, 6.07) is 15.9. The van der Waals surface area contributed by atoms with Gasteiger partial charge in [0.2, 0.25) is 5.88 Å². The van der Waals surface area contributed by atoms with E-state index in [2.05, 4.69) is 4.98 Å². The second kappa shape index (κ2) is 9.22. The molecule has 2 aromatic carbocycles. The summed E-state index contributed by atoms with van der Waals surface area (Å²) in [5, 5.41) is 0. The Labute approximate surface area is 175 Å². The van der Waals surface area contributed by atoms with Gasteiger partial charge in [-0.25, -0.2) is 14.6 Å². The number of hydrogen-bond acceptors (Lipinski definition) is 6. The van der Waals surface area contributed by atoms with Crippen molar-refractivity contribution in [2.75, 3.05) is 7.11 Å². The molecule has 0 spiro atoms. The van der Waals surface area contributed by atoms with Gasteiger partial charge in [0.15, 0.2) is 0 Å². The SMILES string of the molecule is COC(=O)c1cccc(Oc2nc(C)c(C)c(C)c2C(=O)OCc2ccccc2)c1. The summed E-state index contributed by atoms with van der Waals surface area (Å²) >= 11 is 0. The fourth-order valence-corrected chi connectivity index (χ4v) is 2.94. The van der Waals surface area contributed by atoms with Crippen molar-refractivity contribution in [3.05, 3.63) is 88.1 Å². The van der Waals surface area contributed by atoms with E-state index in [0.29, 0.717) is 11.3 Å². The lowest BCUT2D eigenvalue weighted by atomic mass is 10.0. The summed E-state index contributed by atoms with van der Waals surface area (Å²) < 4.78 is 16.2. The van der Waals surface area contributed by atoms with Crippen molar-refractivity contribution in [3.8, 4) is 11.6 Å². The number of methoxy groups -OCH3 is 1. The average molecular weight is 405 g/mol. The van der Waals surface area contributed by atoms with E-state index in [4.69, 9.17) is 14.2 Å². The standard InChI is InChI=1S/C24H23NO5/c1-15-16(2)21(24(27)29-14-18-9-6-5-7-10-18)22(25-17(15)3)30-20-12-8-11-19(13-20)23(26)28-4/h5-13H,14H2,1-4H3. The minimum absolute atomic E-state index is 0.135. The van der Waals surface area contributed by atoms with Crippen LogP contribution in [0.15, 0.2) is 54.6 Å². The Morgan fingerprint density at radius 2 is 1.63 bits per heavy atom. The molecule has 154 valence electrons. The summed E-state index contributed by atoms with van der Waals surface area (Å²) in [6.45, 7) is 5.72. The molecule has 0 atom stereocenters. The molecule has 0 radical (unpaired) electrons. The van der Waals surface area contributed by atoms with Gasteiger partial charge in [0, 0.05) is 5.69 Å². The molecule has 0 aliphatic carbocycles. The fourth-order valence-electron chi connectivity index (χ4n) is 2.94. The maximum atomic E-state index is 12.9. The Morgan fingerprint density at radius 3 is 2.33 bits per heavy atom. The number of carbonyl (C=O) groups is 2. The van der Waals surface area contributed by atoms with Crippen LogP contribution in [-0.4, -0.2) is 24.0 Å². The third-order valence-corrected chi connectivity index (χ3v) is 4.85. The first kappa shape index (κ1) is 21.0. The Bertz CT molecular complexity index is 1080. The fraction of sp³-hybridized carbons (Fsp3) is 0.208. The first-order chi connectivity index (χ1) is 14.4. The molecule has 0 N–H and O–H groups in total. The Morgan fingerprint density at radius 1 is 0.900 bits per heavy atom. The maximum Gasteiger partial charge on any atom is 0.344 e. The minimum atomic E-state index is -0.522. The molecule has 0 aliphatic heterocycles. The van der Waals surface area contributed by atoms with Crippen LogP contribution in [0, 0.1) is 20.8 Å². The highest BCUT2D eigenvalue weighted by atomic mass is 16.5. The van der Waals surface area contributed by atoms with Gasteiger partial charge in [0.1, 0.15) is 17.9 Å². The molecular formula is C24H23NO5. The molecule has 0 fully saturated rings. The summed E-state index contributed by atoms with van der Waals surface area (Å²) in [5.41, 5.74) is 3.85. The van der Waals surface area contributed by atoms with Gasteiger partial charge >= 0.3 is 11.9 Å². The zero-order chi connectivity index (χ0) is 21.7. The average Bonchev–Trinajstić information content (AvgIpc) is 2.76. The minimum Gasteiger partial charge on any atom is -0.465 e. The van der Waals surface area contributed by atoms with E-state index < -0.39 is 11.9 Å². The van der Waals surface area contributed by atoms with Gasteiger partial charge in [-0.15, -0.1) is 0 Å². The molecule has 0 bridgehead atoms. The summed E-state index contributed by atoms with van der Waals surface area (Å²) in [7, 11) is 1.31.